The summed E-state index contributed by atoms with van der Waals surface area (Å²) < 4.78 is 0. The Kier molecular flexibility index (Phi) is 4.56. The average Bonchev–Trinajstić information content (AvgIpc) is 2.53. The van der Waals surface area contributed by atoms with Crippen molar-refractivity contribution in [3.8, 4) is 0 Å². The van der Waals surface area contributed by atoms with Gasteiger partial charge in [0.15, 0.2) is 0 Å². The first-order valence-corrected chi connectivity index (χ1v) is 6.53. The van der Waals surface area contributed by atoms with Gasteiger partial charge >= 0.3 is 6.03 Å². The minimum absolute atomic E-state index is 0.0874. The Morgan fingerprint density at radius 2 is 1.67 bits per heavy atom. The first-order valence-electron chi connectivity index (χ1n) is 6.53. The zero-order valence-electron chi connectivity index (χ0n) is 11.7. The first kappa shape index (κ1) is 14.6. The van der Waals surface area contributed by atoms with Crippen LogP contribution in [-0.4, -0.2) is 19.0 Å². The fourth-order valence-electron chi connectivity index (χ4n) is 1.92. The van der Waals surface area contributed by atoms with Gasteiger partial charge in [0.2, 0.25) is 0 Å². The van der Waals surface area contributed by atoms with E-state index in [-0.39, 0.29) is 5.91 Å². The van der Waals surface area contributed by atoms with Crippen LogP contribution in [0.2, 0.25) is 0 Å². The minimum Gasteiger partial charge on any atom is -0.352 e. The van der Waals surface area contributed by atoms with Crippen LogP contribution in [0, 0.1) is 0 Å². The Morgan fingerprint density at radius 3 is 2.24 bits per heavy atom. The summed E-state index contributed by atoms with van der Waals surface area (Å²) in [7, 11) is 1.74. The zero-order valence-corrected chi connectivity index (χ0v) is 11.7. The van der Waals surface area contributed by atoms with Crippen LogP contribution in [0.15, 0.2) is 54.6 Å². The summed E-state index contributed by atoms with van der Waals surface area (Å²) in [5.74, 6) is -0.0874. The van der Waals surface area contributed by atoms with Crippen molar-refractivity contribution in [3.05, 3.63) is 65.7 Å². The molecule has 0 atom stereocenters. The molecule has 2 rings (SSSR count). The second kappa shape index (κ2) is 6.56. The quantitative estimate of drug-likeness (QED) is 0.902. The van der Waals surface area contributed by atoms with Gasteiger partial charge < -0.3 is 16.0 Å². The summed E-state index contributed by atoms with van der Waals surface area (Å²) in [6.45, 7) is 0.346. The molecule has 0 radical (unpaired) electrons. The number of hydrogen-bond donors (Lipinski definition) is 2. The van der Waals surface area contributed by atoms with E-state index in [2.05, 4.69) is 5.32 Å². The molecule has 0 unspecified atom stereocenters. The second-order valence-electron chi connectivity index (χ2n) is 4.61. The molecule has 0 fully saturated rings. The molecule has 0 heterocycles. The average molecular weight is 283 g/mol. The lowest BCUT2D eigenvalue weighted by atomic mass is 10.1. The molecule has 0 aliphatic carbocycles. The molecule has 0 saturated heterocycles. The lowest BCUT2D eigenvalue weighted by Crippen LogP contribution is -2.28. The smallest absolute Gasteiger partial charge is 0.312 e. The number of amides is 3. The van der Waals surface area contributed by atoms with Gasteiger partial charge in [-0.3, -0.25) is 4.79 Å². The van der Waals surface area contributed by atoms with Crippen LogP contribution in [0.3, 0.4) is 0 Å². The molecule has 0 aromatic heterocycles. The van der Waals surface area contributed by atoms with E-state index in [0.29, 0.717) is 12.1 Å². The fraction of sp³-hybridized carbons (Fsp3) is 0.125. The lowest BCUT2D eigenvalue weighted by molar-refractivity contribution is 0.0993. The number of carbonyl (C=O) groups excluding carboxylic acids is 2. The molecule has 5 nitrogen and oxygen atoms in total. The molecule has 0 aliphatic heterocycles. The number of urea groups is 1. The first-order chi connectivity index (χ1) is 10.1. The highest BCUT2D eigenvalue weighted by Gasteiger charge is 2.12. The summed E-state index contributed by atoms with van der Waals surface area (Å²) in [4.78, 5) is 24.6. The van der Waals surface area contributed by atoms with Crippen molar-refractivity contribution in [2.75, 3.05) is 11.9 Å². The number of nitrogens with two attached hydrogens (primary N) is 1. The molecule has 0 spiro atoms. The van der Waals surface area contributed by atoms with E-state index in [9.17, 15) is 9.59 Å². The van der Waals surface area contributed by atoms with Crippen molar-refractivity contribution in [1.29, 1.82) is 0 Å². The molecular weight excluding hydrogens is 266 g/mol. The van der Waals surface area contributed by atoms with Crippen LogP contribution < -0.4 is 16.0 Å². The van der Waals surface area contributed by atoms with E-state index in [0.717, 1.165) is 11.3 Å². The van der Waals surface area contributed by atoms with Gasteiger partial charge in [-0.1, -0.05) is 30.3 Å². The van der Waals surface area contributed by atoms with Crippen LogP contribution >= 0.6 is 0 Å². The largest absolute Gasteiger partial charge is 0.352 e. The number of hydrogen-bond acceptors (Lipinski definition) is 2. The van der Waals surface area contributed by atoms with Gasteiger partial charge in [0.25, 0.3) is 5.91 Å². The minimum atomic E-state index is -0.570. The number of rotatable bonds is 4. The molecule has 3 N–H and O–H groups in total. The third-order valence-electron chi connectivity index (χ3n) is 3.12. The molecular formula is C16H17N3O2. The van der Waals surface area contributed by atoms with E-state index >= 15 is 0 Å². The highest BCUT2D eigenvalue weighted by atomic mass is 16.2. The summed E-state index contributed by atoms with van der Waals surface area (Å²) in [6, 6.07) is 15.9. The lowest BCUT2D eigenvalue weighted by Gasteiger charge is -2.17. The van der Waals surface area contributed by atoms with Gasteiger partial charge in [-0.25, -0.2) is 4.79 Å². The highest BCUT2D eigenvalue weighted by molar-refractivity contribution is 6.05. The Morgan fingerprint density at radius 1 is 1.05 bits per heavy atom. The van der Waals surface area contributed by atoms with Gasteiger partial charge in [-0.15, -0.1) is 0 Å². The SMILES string of the molecule is CN(C(=O)c1ccc(CNC(N)=O)cc1)c1ccccc1. The number of para-hydroxylation sites is 1. The molecule has 108 valence electrons. The molecule has 5 heteroatoms. The Hall–Kier alpha value is -2.82. The molecule has 0 aliphatic rings. The van der Waals surface area contributed by atoms with E-state index in [1.165, 1.54) is 0 Å². The molecule has 2 aromatic carbocycles. The maximum Gasteiger partial charge on any atom is 0.312 e. The van der Waals surface area contributed by atoms with E-state index in [1.54, 1.807) is 36.2 Å². The molecule has 3 amide bonds. The Labute approximate surface area is 123 Å². The van der Waals surface area contributed by atoms with Gasteiger partial charge in [0.1, 0.15) is 0 Å². The number of nitrogens with zero attached hydrogens (tertiary/aromatic N) is 1. The Balaban J connectivity index is 2.08. The third kappa shape index (κ3) is 3.82. The normalized spacial score (nSPS) is 9.95. The van der Waals surface area contributed by atoms with E-state index in [1.807, 2.05) is 30.3 Å². The van der Waals surface area contributed by atoms with E-state index < -0.39 is 6.03 Å². The van der Waals surface area contributed by atoms with Crippen LogP contribution in [-0.2, 0) is 6.54 Å². The van der Waals surface area contributed by atoms with Crippen LogP contribution in [0.25, 0.3) is 0 Å². The van der Waals surface area contributed by atoms with Crippen molar-refractivity contribution >= 4 is 17.6 Å². The number of benzene rings is 2. The zero-order chi connectivity index (χ0) is 15.2. The second-order valence-corrected chi connectivity index (χ2v) is 4.61. The van der Waals surface area contributed by atoms with Crippen molar-refractivity contribution < 1.29 is 9.59 Å². The Bertz CT molecular complexity index is 624. The van der Waals surface area contributed by atoms with Crippen molar-refractivity contribution in [2.45, 2.75) is 6.54 Å². The summed E-state index contributed by atoms with van der Waals surface area (Å²) >= 11 is 0. The number of carbonyl (C=O) groups is 2. The fourth-order valence-corrected chi connectivity index (χ4v) is 1.92. The summed E-state index contributed by atoms with van der Waals surface area (Å²) in [5, 5.41) is 2.50. The predicted octanol–water partition coefficient (Wildman–Crippen LogP) is 2.13. The molecule has 0 bridgehead atoms. The third-order valence-corrected chi connectivity index (χ3v) is 3.12. The summed E-state index contributed by atoms with van der Waals surface area (Å²) in [6.07, 6.45) is 0. The van der Waals surface area contributed by atoms with Gasteiger partial charge in [0.05, 0.1) is 0 Å². The van der Waals surface area contributed by atoms with E-state index in [4.69, 9.17) is 5.73 Å². The number of anilines is 1. The standard InChI is InChI=1S/C16H17N3O2/c1-19(14-5-3-2-4-6-14)15(20)13-9-7-12(8-10-13)11-18-16(17)21/h2-10H,11H2,1H3,(H3,17,18,21). The van der Waals surface area contributed by atoms with Crippen LogP contribution in [0.4, 0.5) is 10.5 Å². The highest BCUT2D eigenvalue weighted by Crippen LogP contribution is 2.15. The topological polar surface area (TPSA) is 75.4 Å². The maximum absolute atomic E-state index is 12.4. The van der Waals surface area contributed by atoms with Crippen molar-refractivity contribution in [3.63, 3.8) is 0 Å². The summed E-state index contributed by atoms with van der Waals surface area (Å²) in [5.41, 5.74) is 7.32. The number of primary amides is 1. The van der Waals surface area contributed by atoms with Gasteiger partial charge in [0, 0.05) is 24.8 Å². The van der Waals surface area contributed by atoms with Crippen molar-refractivity contribution in [2.24, 2.45) is 5.73 Å². The molecule has 21 heavy (non-hydrogen) atoms. The maximum atomic E-state index is 12.4. The van der Waals surface area contributed by atoms with Crippen LogP contribution in [0.1, 0.15) is 15.9 Å². The van der Waals surface area contributed by atoms with Crippen LogP contribution in [0.5, 0.6) is 0 Å². The molecule has 0 saturated carbocycles. The van der Waals surface area contributed by atoms with Gasteiger partial charge in [-0.2, -0.15) is 0 Å². The monoisotopic (exact) mass is 283 g/mol. The molecule has 2 aromatic rings. The van der Waals surface area contributed by atoms with Gasteiger partial charge in [-0.05, 0) is 29.8 Å². The predicted molar refractivity (Wildman–Crippen MR) is 82.0 cm³/mol. The van der Waals surface area contributed by atoms with Crippen molar-refractivity contribution in [1.82, 2.24) is 5.32 Å². The number of nitrogens with one attached hydrogen (secondary N) is 1.